The van der Waals surface area contributed by atoms with Gasteiger partial charge < -0.3 is 4.90 Å². The van der Waals surface area contributed by atoms with Crippen molar-refractivity contribution in [1.29, 1.82) is 0 Å². The summed E-state index contributed by atoms with van der Waals surface area (Å²) in [5.74, 6) is 0.873. The lowest BCUT2D eigenvalue weighted by Gasteiger charge is -2.25. The van der Waals surface area contributed by atoms with Crippen molar-refractivity contribution in [3.8, 4) is 0 Å². The van der Waals surface area contributed by atoms with Gasteiger partial charge in [-0.25, -0.2) is 9.79 Å². The van der Waals surface area contributed by atoms with Crippen molar-refractivity contribution in [1.82, 2.24) is 9.80 Å². The number of aliphatic imine (C=N–C) groups is 1. The minimum Gasteiger partial charge on any atom is -0.317 e. The van der Waals surface area contributed by atoms with Crippen LogP contribution in [0.3, 0.4) is 0 Å². The number of amides is 2. The molecule has 2 heterocycles. The van der Waals surface area contributed by atoms with E-state index in [1.165, 1.54) is 16.7 Å². The van der Waals surface area contributed by atoms with Crippen molar-refractivity contribution in [2.45, 2.75) is 26.3 Å². The summed E-state index contributed by atoms with van der Waals surface area (Å²) in [4.78, 5) is 20.1. The van der Waals surface area contributed by atoms with Gasteiger partial charge in [-0.2, -0.15) is 0 Å². The number of hydrogen-bond donors (Lipinski definition) is 0. The molecule has 4 nitrogen and oxygen atoms in total. The van der Waals surface area contributed by atoms with Crippen LogP contribution in [0.2, 0.25) is 0 Å². The van der Waals surface area contributed by atoms with Crippen LogP contribution in [0.1, 0.15) is 16.7 Å². The minimum absolute atomic E-state index is 0.0286. The quantitative estimate of drug-likeness (QED) is 0.688. The van der Waals surface area contributed by atoms with Gasteiger partial charge in [0.25, 0.3) is 0 Å². The van der Waals surface area contributed by atoms with Crippen molar-refractivity contribution in [3.63, 3.8) is 0 Å². The topological polar surface area (TPSA) is 35.9 Å². The summed E-state index contributed by atoms with van der Waals surface area (Å²) in [5, 5.41) is 0. The maximum Gasteiger partial charge on any atom is 0.325 e. The van der Waals surface area contributed by atoms with Gasteiger partial charge in [0.05, 0.1) is 11.7 Å². The van der Waals surface area contributed by atoms with Gasteiger partial charge in [-0.1, -0.05) is 6.07 Å². The number of carbonyl (C=O) groups is 1. The first-order valence-corrected chi connectivity index (χ1v) is 6.19. The highest BCUT2D eigenvalue weighted by atomic mass is 16.2. The average molecular weight is 243 g/mol. The number of nitrogens with zero attached hydrogens (tertiary/aromatic N) is 3. The molecule has 18 heavy (non-hydrogen) atoms. The third kappa shape index (κ3) is 1.32. The summed E-state index contributed by atoms with van der Waals surface area (Å²) in [6, 6.07) is 4.27. The molecule has 0 saturated carbocycles. The molecule has 0 radical (unpaired) electrons. The Hall–Kier alpha value is -1.84. The molecule has 1 aromatic rings. The van der Waals surface area contributed by atoms with Gasteiger partial charge in [0.15, 0.2) is 0 Å². The molecule has 0 spiro atoms. The van der Waals surface area contributed by atoms with Gasteiger partial charge in [0.1, 0.15) is 5.84 Å². The smallest absolute Gasteiger partial charge is 0.317 e. The molecule has 1 atom stereocenters. The molecule has 2 amide bonds. The fourth-order valence-electron chi connectivity index (χ4n) is 2.78. The van der Waals surface area contributed by atoms with E-state index in [0.717, 1.165) is 17.9 Å². The Morgan fingerprint density at radius 2 is 2.00 bits per heavy atom. The third-order valence-electron chi connectivity index (χ3n) is 4.17. The van der Waals surface area contributed by atoms with E-state index in [1.54, 1.807) is 16.8 Å². The predicted molar refractivity (Wildman–Crippen MR) is 71.4 cm³/mol. The van der Waals surface area contributed by atoms with E-state index in [0.29, 0.717) is 0 Å². The SMILES string of the molecule is Cc1ccc2c(c1C)CC1C(=N2)N(C)C(=O)N1C. The summed E-state index contributed by atoms with van der Waals surface area (Å²) in [6.45, 7) is 4.25. The number of urea groups is 1. The first-order valence-electron chi connectivity index (χ1n) is 6.19. The van der Waals surface area contributed by atoms with Gasteiger partial charge in [0, 0.05) is 20.5 Å². The van der Waals surface area contributed by atoms with E-state index >= 15 is 0 Å². The van der Waals surface area contributed by atoms with Gasteiger partial charge in [0.2, 0.25) is 0 Å². The standard InChI is InChI=1S/C14H17N3O/c1-8-5-6-11-10(9(8)2)7-12-13(15-11)17(4)14(18)16(12)3/h5-6,12H,7H2,1-4H3. The van der Waals surface area contributed by atoms with Crippen LogP contribution >= 0.6 is 0 Å². The molecule has 1 fully saturated rings. The van der Waals surface area contributed by atoms with E-state index < -0.39 is 0 Å². The summed E-state index contributed by atoms with van der Waals surface area (Å²) in [5.41, 5.74) is 4.87. The second kappa shape index (κ2) is 3.57. The lowest BCUT2D eigenvalue weighted by molar-refractivity contribution is 0.202. The van der Waals surface area contributed by atoms with Crippen LogP contribution in [0, 0.1) is 13.8 Å². The third-order valence-corrected chi connectivity index (χ3v) is 4.17. The molecule has 0 aromatic heterocycles. The Balaban J connectivity index is 2.15. The zero-order valence-corrected chi connectivity index (χ0v) is 11.2. The molecule has 1 unspecified atom stereocenters. The van der Waals surface area contributed by atoms with Gasteiger partial charge in [-0.15, -0.1) is 0 Å². The van der Waals surface area contributed by atoms with Crippen LogP contribution < -0.4 is 0 Å². The molecular weight excluding hydrogens is 226 g/mol. The Kier molecular flexibility index (Phi) is 2.24. The van der Waals surface area contributed by atoms with Gasteiger partial charge in [-0.05, 0) is 36.6 Å². The van der Waals surface area contributed by atoms with Crippen molar-refractivity contribution in [2.24, 2.45) is 4.99 Å². The van der Waals surface area contributed by atoms with E-state index in [4.69, 9.17) is 0 Å². The van der Waals surface area contributed by atoms with E-state index in [9.17, 15) is 4.79 Å². The number of amidine groups is 1. The Morgan fingerprint density at radius 1 is 1.28 bits per heavy atom. The molecular formula is C14H17N3O. The Labute approximate surface area is 107 Å². The average Bonchev–Trinajstić information content (AvgIpc) is 2.58. The highest BCUT2D eigenvalue weighted by Crippen LogP contribution is 2.34. The van der Waals surface area contributed by atoms with Crippen LogP contribution in [0.4, 0.5) is 10.5 Å². The highest BCUT2D eigenvalue weighted by Gasteiger charge is 2.41. The molecule has 3 rings (SSSR count). The first-order chi connectivity index (χ1) is 8.50. The molecule has 2 aliphatic rings. The predicted octanol–water partition coefficient (Wildman–Crippen LogP) is 2.26. The zero-order valence-electron chi connectivity index (χ0n) is 11.2. The maximum absolute atomic E-state index is 11.9. The largest absolute Gasteiger partial charge is 0.325 e. The molecule has 94 valence electrons. The van der Waals surface area contributed by atoms with Crippen LogP contribution in [-0.4, -0.2) is 41.8 Å². The number of benzene rings is 1. The summed E-state index contributed by atoms with van der Waals surface area (Å²) >= 11 is 0. The monoisotopic (exact) mass is 243 g/mol. The number of carbonyl (C=O) groups excluding carboxylic acids is 1. The van der Waals surface area contributed by atoms with Gasteiger partial charge >= 0.3 is 6.03 Å². The number of rotatable bonds is 0. The van der Waals surface area contributed by atoms with Crippen molar-refractivity contribution in [2.75, 3.05) is 14.1 Å². The van der Waals surface area contributed by atoms with Crippen molar-refractivity contribution >= 4 is 17.6 Å². The highest BCUT2D eigenvalue weighted by molar-refractivity contribution is 6.08. The lowest BCUT2D eigenvalue weighted by atomic mass is 9.93. The molecule has 0 N–H and O–H groups in total. The van der Waals surface area contributed by atoms with Crippen LogP contribution in [0.25, 0.3) is 0 Å². The van der Waals surface area contributed by atoms with E-state index in [2.05, 4.69) is 31.0 Å². The van der Waals surface area contributed by atoms with Crippen LogP contribution in [0.5, 0.6) is 0 Å². The molecule has 0 bridgehead atoms. The fourth-order valence-corrected chi connectivity index (χ4v) is 2.78. The van der Waals surface area contributed by atoms with Crippen molar-refractivity contribution in [3.05, 3.63) is 28.8 Å². The zero-order chi connectivity index (χ0) is 13.0. The lowest BCUT2D eigenvalue weighted by Crippen LogP contribution is -2.35. The van der Waals surface area contributed by atoms with Crippen LogP contribution in [-0.2, 0) is 6.42 Å². The summed E-state index contributed by atoms with van der Waals surface area (Å²) in [6.07, 6.45) is 0.869. The Bertz CT molecular complexity index is 577. The van der Waals surface area contributed by atoms with E-state index in [1.807, 2.05) is 7.05 Å². The first kappa shape index (κ1) is 11.3. The van der Waals surface area contributed by atoms with E-state index in [-0.39, 0.29) is 12.1 Å². The van der Waals surface area contributed by atoms with Gasteiger partial charge in [-0.3, -0.25) is 4.90 Å². The second-order valence-corrected chi connectivity index (χ2v) is 5.15. The number of hydrogen-bond acceptors (Lipinski definition) is 2. The molecule has 1 saturated heterocycles. The van der Waals surface area contributed by atoms with Crippen LogP contribution in [0.15, 0.2) is 17.1 Å². The molecule has 1 aromatic carbocycles. The summed E-state index contributed by atoms with van der Waals surface area (Å²) < 4.78 is 0. The number of fused-ring (bicyclic) bond motifs is 2. The molecule has 2 aliphatic heterocycles. The fraction of sp³-hybridized carbons (Fsp3) is 0.429. The number of likely N-dealkylation sites (N-methyl/N-ethyl adjacent to an activating group) is 2. The normalized spacial score (nSPS) is 21.9. The number of aryl methyl sites for hydroxylation is 1. The second-order valence-electron chi connectivity index (χ2n) is 5.15. The summed E-state index contributed by atoms with van der Waals surface area (Å²) in [7, 11) is 3.64. The molecule has 0 aliphatic carbocycles. The maximum atomic E-state index is 11.9. The minimum atomic E-state index is 0.0286. The Morgan fingerprint density at radius 3 is 2.72 bits per heavy atom. The molecule has 4 heteroatoms. The van der Waals surface area contributed by atoms with Crippen molar-refractivity contribution < 1.29 is 4.79 Å².